The molecule has 0 bridgehead atoms. The highest BCUT2D eigenvalue weighted by molar-refractivity contribution is 6.44. The van der Waals surface area contributed by atoms with E-state index < -0.39 is 9.28 Å². The average molecular weight is 219 g/mol. The van der Waals surface area contributed by atoms with Gasteiger partial charge in [-0.05, 0) is 31.9 Å². The SMILES string of the molecule is CCCO[SiH](CCCCN)OCCC. The smallest absolute Gasteiger partial charge is 0.321 e. The second kappa shape index (κ2) is 11.2. The van der Waals surface area contributed by atoms with Gasteiger partial charge in [-0.25, -0.2) is 0 Å². The van der Waals surface area contributed by atoms with E-state index in [1.165, 1.54) is 0 Å². The van der Waals surface area contributed by atoms with Crippen molar-refractivity contribution < 1.29 is 8.85 Å². The van der Waals surface area contributed by atoms with Gasteiger partial charge in [-0.3, -0.25) is 0 Å². The molecule has 86 valence electrons. The predicted octanol–water partition coefficient (Wildman–Crippen LogP) is 1.80. The van der Waals surface area contributed by atoms with E-state index >= 15 is 0 Å². The van der Waals surface area contributed by atoms with Crippen molar-refractivity contribution in [3.05, 3.63) is 0 Å². The van der Waals surface area contributed by atoms with E-state index in [1.54, 1.807) is 0 Å². The van der Waals surface area contributed by atoms with Gasteiger partial charge in [0.25, 0.3) is 0 Å². The highest BCUT2D eigenvalue weighted by Gasteiger charge is 2.11. The van der Waals surface area contributed by atoms with Crippen LogP contribution in [0.4, 0.5) is 0 Å². The van der Waals surface area contributed by atoms with Crippen LogP contribution >= 0.6 is 0 Å². The number of hydrogen-bond acceptors (Lipinski definition) is 3. The Balaban J connectivity index is 3.49. The second-order valence-electron chi connectivity index (χ2n) is 3.46. The van der Waals surface area contributed by atoms with Crippen molar-refractivity contribution in [2.24, 2.45) is 5.73 Å². The minimum absolute atomic E-state index is 0.780. The first-order valence-corrected chi connectivity index (χ1v) is 7.54. The van der Waals surface area contributed by atoms with Gasteiger partial charge < -0.3 is 14.6 Å². The maximum absolute atomic E-state index is 5.72. The van der Waals surface area contributed by atoms with Crippen LogP contribution in [0.1, 0.15) is 39.5 Å². The Morgan fingerprint density at radius 1 is 1.00 bits per heavy atom. The van der Waals surface area contributed by atoms with Crippen LogP contribution in [-0.4, -0.2) is 29.0 Å². The fourth-order valence-corrected chi connectivity index (χ4v) is 3.22. The van der Waals surface area contributed by atoms with Crippen LogP contribution in [0.5, 0.6) is 0 Å². The molecule has 0 heterocycles. The Morgan fingerprint density at radius 2 is 1.57 bits per heavy atom. The van der Waals surface area contributed by atoms with Crippen molar-refractivity contribution in [2.45, 2.75) is 45.6 Å². The normalized spacial score (nSPS) is 11.1. The lowest BCUT2D eigenvalue weighted by Crippen LogP contribution is -2.24. The molecule has 2 N–H and O–H groups in total. The molecular formula is C10H25NO2Si. The monoisotopic (exact) mass is 219 g/mol. The Labute approximate surface area is 89.8 Å². The second-order valence-corrected chi connectivity index (χ2v) is 5.56. The molecule has 0 aromatic heterocycles. The molecule has 0 saturated heterocycles. The lowest BCUT2D eigenvalue weighted by molar-refractivity contribution is 0.195. The molecular weight excluding hydrogens is 194 g/mol. The molecule has 0 saturated carbocycles. The lowest BCUT2D eigenvalue weighted by Gasteiger charge is -2.15. The summed E-state index contributed by atoms with van der Waals surface area (Å²) in [4.78, 5) is 0. The Bertz CT molecular complexity index is 106. The zero-order valence-corrected chi connectivity index (χ0v) is 10.8. The molecule has 0 atom stereocenters. The van der Waals surface area contributed by atoms with Crippen LogP contribution in [0, 0.1) is 0 Å². The van der Waals surface area contributed by atoms with E-state index in [4.69, 9.17) is 14.6 Å². The zero-order chi connectivity index (χ0) is 10.6. The zero-order valence-electron chi connectivity index (χ0n) is 9.63. The molecule has 0 aromatic carbocycles. The van der Waals surface area contributed by atoms with Gasteiger partial charge >= 0.3 is 9.28 Å². The maximum atomic E-state index is 5.72. The highest BCUT2D eigenvalue weighted by atomic mass is 28.3. The highest BCUT2D eigenvalue weighted by Crippen LogP contribution is 2.05. The van der Waals surface area contributed by atoms with E-state index in [1.807, 2.05) is 0 Å². The van der Waals surface area contributed by atoms with Crippen LogP contribution in [0.25, 0.3) is 0 Å². The maximum Gasteiger partial charge on any atom is 0.321 e. The third-order valence-electron chi connectivity index (χ3n) is 1.91. The molecule has 14 heavy (non-hydrogen) atoms. The molecule has 0 aliphatic carbocycles. The Morgan fingerprint density at radius 3 is 2.00 bits per heavy atom. The van der Waals surface area contributed by atoms with Crippen molar-refractivity contribution >= 4 is 9.28 Å². The molecule has 0 spiro atoms. The fraction of sp³-hybridized carbons (Fsp3) is 1.00. The molecule has 3 nitrogen and oxygen atoms in total. The molecule has 0 fully saturated rings. The molecule has 0 amide bonds. The molecule has 0 rings (SSSR count). The van der Waals surface area contributed by atoms with Crippen LogP contribution in [0.3, 0.4) is 0 Å². The van der Waals surface area contributed by atoms with Gasteiger partial charge in [0.15, 0.2) is 0 Å². The van der Waals surface area contributed by atoms with E-state index in [0.717, 1.165) is 51.5 Å². The third kappa shape index (κ3) is 8.68. The summed E-state index contributed by atoms with van der Waals surface area (Å²) >= 11 is 0. The van der Waals surface area contributed by atoms with Crippen molar-refractivity contribution in [1.82, 2.24) is 0 Å². The Kier molecular flexibility index (Phi) is 11.3. The molecule has 0 radical (unpaired) electrons. The summed E-state index contributed by atoms with van der Waals surface area (Å²) in [6.45, 7) is 6.74. The summed E-state index contributed by atoms with van der Waals surface area (Å²) in [5.41, 5.74) is 5.45. The van der Waals surface area contributed by atoms with E-state index in [0.29, 0.717) is 0 Å². The lowest BCUT2D eigenvalue weighted by atomic mass is 10.3. The average Bonchev–Trinajstić information content (AvgIpc) is 2.21. The van der Waals surface area contributed by atoms with Crippen molar-refractivity contribution in [3.8, 4) is 0 Å². The summed E-state index contributed by atoms with van der Waals surface area (Å²) < 4.78 is 11.4. The predicted molar refractivity (Wildman–Crippen MR) is 62.7 cm³/mol. The van der Waals surface area contributed by atoms with E-state index in [2.05, 4.69) is 13.8 Å². The number of hydrogen-bond donors (Lipinski definition) is 1. The standard InChI is InChI=1S/C10H25NO2Si/c1-3-8-12-14(13-9-4-2)10-6-5-7-11/h14H,3-11H2,1-2H3. The third-order valence-corrected chi connectivity index (χ3v) is 4.00. The molecule has 0 unspecified atom stereocenters. The van der Waals surface area contributed by atoms with Crippen molar-refractivity contribution in [2.75, 3.05) is 19.8 Å². The summed E-state index contributed by atoms with van der Waals surface area (Å²) in [6.07, 6.45) is 4.40. The first-order valence-electron chi connectivity index (χ1n) is 5.78. The number of rotatable bonds is 10. The van der Waals surface area contributed by atoms with Gasteiger partial charge in [-0.2, -0.15) is 0 Å². The van der Waals surface area contributed by atoms with Gasteiger partial charge in [-0.1, -0.05) is 20.3 Å². The molecule has 0 aliphatic rings. The van der Waals surface area contributed by atoms with E-state index in [-0.39, 0.29) is 0 Å². The van der Waals surface area contributed by atoms with Crippen LogP contribution in [-0.2, 0) is 8.85 Å². The summed E-state index contributed by atoms with van der Waals surface area (Å²) in [5, 5.41) is 0. The van der Waals surface area contributed by atoms with Gasteiger partial charge in [0.1, 0.15) is 0 Å². The van der Waals surface area contributed by atoms with E-state index in [9.17, 15) is 0 Å². The topological polar surface area (TPSA) is 44.5 Å². The van der Waals surface area contributed by atoms with Crippen LogP contribution in [0.2, 0.25) is 6.04 Å². The summed E-state index contributed by atoms with van der Waals surface area (Å²) in [5.74, 6) is 0. The molecule has 0 aliphatic heterocycles. The molecule has 0 aromatic rings. The number of nitrogens with two attached hydrogens (primary N) is 1. The van der Waals surface area contributed by atoms with Crippen molar-refractivity contribution in [1.29, 1.82) is 0 Å². The first kappa shape index (κ1) is 14.1. The van der Waals surface area contributed by atoms with Crippen LogP contribution < -0.4 is 5.73 Å². The summed E-state index contributed by atoms with van der Waals surface area (Å²) in [7, 11) is -1.36. The number of unbranched alkanes of at least 4 members (excludes halogenated alkanes) is 1. The minimum Gasteiger partial charge on any atom is -0.397 e. The quantitative estimate of drug-likeness (QED) is 0.450. The van der Waals surface area contributed by atoms with Crippen LogP contribution in [0.15, 0.2) is 0 Å². The minimum atomic E-state index is -1.36. The first-order chi connectivity index (χ1) is 6.85. The van der Waals surface area contributed by atoms with Gasteiger partial charge in [0, 0.05) is 13.2 Å². The van der Waals surface area contributed by atoms with Gasteiger partial charge in [-0.15, -0.1) is 0 Å². The largest absolute Gasteiger partial charge is 0.397 e. The fourth-order valence-electron chi connectivity index (χ4n) is 1.17. The van der Waals surface area contributed by atoms with Crippen molar-refractivity contribution in [3.63, 3.8) is 0 Å². The molecule has 4 heteroatoms. The summed E-state index contributed by atoms with van der Waals surface area (Å²) in [6, 6.07) is 1.11. The van der Waals surface area contributed by atoms with Gasteiger partial charge in [0.05, 0.1) is 0 Å². The Hall–Kier alpha value is 0.0969. The van der Waals surface area contributed by atoms with Gasteiger partial charge in [0.2, 0.25) is 0 Å².